The van der Waals surface area contributed by atoms with Crippen molar-refractivity contribution in [3.05, 3.63) is 53.5 Å². The van der Waals surface area contributed by atoms with E-state index in [4.69, 9.17) is 4.42 Å². The molecule has 0 aliphatic carbocycles. The van der Waals surface area contributed by atoms with Gasteiger partial charge in [-0.25, -0.2) is 0 Å². The van der Waals surface area contributed by atoms with E-state index in [0.29, 0.717) is 0 Å². The van der Waals surface area contributed by atoms with Crippen LogP contribution in [-0.4, -0.2) is 12.5 Å². The first-order chi connectivity index (χ1) is 9.58. The summed E-state index contributed by atoms with van der Waals surface area (Å²) < 4.78 is 5.26. The zero-order valence-electron chi connectivity index (χ0n) is 12.1. The highest BCUT2D eigenvalue weighted by molar-refractivity contribution is 5.81. The summed E-state index contributed by atoms with van der Waals surface area (Å²) in [7, 11) is 0. The van der Waals surface area contributed by atoms with Gasteiger partial charge in [-0.2, -0.15) is 0 Å². The van der Waals surface area contributed by atoms with E-state index >= 15 is 0 Å². The van der Waals surface area contributed by atoms with Crippen LogP contribution in [0.15, 0.2) is 41.0 Å². The highest BCUT2D eigenvalue weighted by Crippen LogP contribution is 2.17. The predicted molar refractivity (Wildman–Crippen MR) is 79.7 cm³/mol. The summed E-state index contributed by atoms with van der Waals surface area (Å²) >= 11 is 0. The number of amides is 1. The van der Waals surface area contributed by atoms with Gasteiger partial charge in [-0.05, 0) is 50.1 Å². The molecule has 1 atom stereocenters. The zero-order valence-corrected chi connectivity index (χ0v) is 12.1. The molecule has 4 nitrogen and oxygen atoms in total. The number of carbonyl (C=O) groups is 1. The number of benzene rings is 1. The Morgan fingerprint density at radius 1 is 1.25 bits per heavy atom. The van der Waals surface area contributed by atoms with Gasteiger partial charge in [0, 0.05) is 5.69 Å². The molecule has 2 aromatic rings. The van der Waals surface area contributed by atoms with E-state index in [1.54, 1.807) is 6.26 Å². The molecule has 0 saturated carbocycles. The molecule has 1 aromatic heterocycles. The first kappa shape index (κ1) is 14.2. The van der Waals surface area contributed by atoms with Gasteiger partial charge >= 0.3 is 0 Å². The molecule has 106 valence electrons. The number of aryl methyl sites for hydroxylation is 1. The Balaban J connectivity index is 1.88. The fraction of sp³-hybridized carbons (Fsp3) is 0.312. The Bertz CT molecular complexity index is 576. The van der Waals surface area contributed by atoms with E-state index in [1.165, 1.54) is 11.1 Å². The molecule has 20 heavy (non-hydrogen) atoms. The first-order valence-corrected chi connectivity index (χ1v) is 6.71. The summed E-state index contributed by atoms with van der Waals surface area (Å²) in [6, 6.07) is 9.55. The van der Waals surface area contributed by atoms with E-state index in [-0.39, 0.29) is 18.5 Å². The van der Waals surface area contributed by atoms with Gasteiger partial charge < -0.3 is 15.1 Å². The Kier molecular flexibility index (Phi) is 4.45. The summed E-state index contributed by atoms with van der Waals surface area (Å²) in [5.41, 5.74) is 3.37. The highest BCUT2D eigenvalue weighted by Gasteiger charge is 2.11. The van der Waals surface area contributed by atoms with Crippen LogP contribution in [0.2, 0.25) is 0 Å². The quantitative estimate of drug-likeness (QED) is 0.879. The lowest BCUT2D eigenvalue weighted by molar-refractivity contribution is -0.120. The number of carbonyl (C=O) groups excluding carboxylic acids is 1. The smallest absolute Gasteiger partial charge is 0.239 e. The van der Waals surface area contributed by atoms with Gasteiger partial charge in [0.1, 0.15) is 5.76 Å². The third-order valence-corrected chi connectivity index (χ3v) is 3.39. The fourth-order valence-corrected chi connectivity index (χ4v) is 2.02. The Hall–Kier alpha value is -2.23. The minimum atomic E-state index is -0.127. The molecule has 0 spiro atoms. The molecule has 0 bridgehead atoms. The van der Waals surface area contributed by atoms with Crippen molar-refractivity contribution in [2.45, 2.75) is 26.8 Å². The predicted octanol–water partition coefficient (Wildman–Crippen LogP) is 3.19. The van der Waals surface area contributed by atoms with E-state index in [0.717, 1.165) is 11.4 Å². The van der Waals surface area contributed by atoms with Crippen LogP contribution in [0.5, 0.6) is 0 Å². The third-order valence-electron chi connectivity index (χ3n) is 3.39. The maximum absolute atomic E-state index is 11.9. The Labute approximate surface area is 119 Å². The molecule has 0 fully saturated rings. The standard InChI is InChI=1S/C16H20N2O2/c1-11-6-4-7-14(12(11)2)17-10-16(19)18-13(3)15-8-5-9-20-15/h4-9,13,17H,10H2,1-3H3,(H,18,19). The zero-order chi connectivity index (χ0) is 14.5. The van der Waals surface area contributed by atoms with Crippen molar-refractivity contribution >= 4 is 11.6 Å². The fourth-order valence-electron chi connectivity index (χ4n) is 2.02. The van der Waals surface area contributed by atoms with Gasteiger partial charge in [-0.15, -0.1) is 0 Å². The van der Waals surface area contributed by atoms with Crippen molar-refractivity contribution in [3.8, 4) is 0 Å². The SMILES string of the molecule is Cc1cccc(NCC(=O)NC(C)c2ccco2)c1C. The lowest BCUT2D eigenvalue weighted by Gasteiger charge is -2.14. The topological polar surface area (TPSA) is 54.3 Å². The maximum Gasteiger partial charge on any atom is 0.239 e. The minimum absolute atomic E-state index is 0.0604. The molecule has 2 N–H and O–H groups in total. The molecule has 1 unspecified atom stereocenters. The lowest BCUT2D eigenvalue weighted by atomic mass is 10.1. The van der Waals surface area contributed by atoms with E-state index in [2.05, 4.69) is 23.6 Å². The minimum Gasteiger partial charge on any atom is -0.467 e. The number of anilines is 1. The lowest BCUT2D eigenvalue weighted by Crippen LogP contribution is -2.32. The van der Waals surface area contributed by atoms with E-state index in [9.17, 15) is 4.79 Å². The van der Waals surface area contributed by atoms with Gasteiger partial charge in [0.15, 0.2) is 0 Å². The molecule has 0 aliphatic rings. The average Bonchev–Trinajstić information content (AvgIpc) is 2.94. The Morgan fingerprint density at radius 2 is 2.05 bits per heavy atom. The van der Waals surface area contributed by atoms with Crippen molar-refractivity contribution < 1.29 is 9.21 Å². The third kappa shape index (κ3) is 3.41. The second-order valence-electron chi connectivity index (χ2n) is 4.91. The van der Waals surface area contributed by atoms with Crippen molar-refractivity contribution in [2.75, 3.05) is 11.9 Å². The molecule has 1 amide bonds. The summed E-state index contributed by atoms with van der Waals surface area (Å²) in [5.74, 6) is 0.694. The van der Waals surface area contributed by atoms with Crippen LogP contribution < -0.4 is 10.6 Å². The monoisotopic (exact) mass is 272 g/mol. The van der Waals surface area contributed by atoms with Crippen LogP contribution in [0.1, 0.15) is 29.9 Å². The van der Waals surface area contributed by atoms with Crippen LogP contribution in [-0.2, 0) is 4.79 Å². The van der Waals surface area contributed by atoms with Crippen molar-refractivity contribution in [1.29, 1.82) is 0 Å². The Morgan fingerprint density at radius 3 is 2.75 bits per heavy atom. The van der Waals surface area contributed by atoms with E-state index < -0.39 is 0 Å². The second-order valence-corrected chi connectivity index (χ2v) is 4.91. The molecule has 0 aliphatic heterocycles. The first-order valence-electron chi connectivity index (χ1n) is 6.71. The van der Waals surface area contributed by atoms with Gasteiger partial charge in [0.05, 0.1) is 18.8 Å². The normalized spacial score (nSPS) is 11.9. The average molecular weight is 272 g/mol. The van der Waals surface area contributed by atoms with Crippen LogP contribution >= 0.6 is 0 Å². The number of rotatable bonds is 5. The number of nitrogens with one attached hydrogen (secondary N) is 2. The van der Waals surface area contributed by atoms with Gasteiger partial charge in [-0.1, -0.05) is 12.1 Å². The summed E-state index contributed by atoms with van der Waals surface area (Å²) in [5, 5.41) is 6.05. The molecular formula is C16H20N2O2. The molecule has 2 rings (SSSR count). The van der Waals surface area contributed by atoms with Gasteiger partial charge in [0.2, 0.25) is 5.91 Å². The molecule has 0 saturated heterocycles. The van der Waals surface area contributed by atoms with Crippen LogP contribution in [0.3, 0.4) is 0 Å². The van der Waals surface area contributed by atoms with Crippen LogP contribution in [0.25, 0.3) is 0 Å². The molecular weight excluding hydrogens is 252 g/mol. The van der Waals surface area contributed by atoms with Crippen molar-refractivity contribution in [2.24, 2.45) is 0 Å². The van der Waals surface area contributed by atoms with Gasteiger partial charge in [0.25, 0.3) is 0 Å². The summed E-state index contributed by atoms with van der Waals surface area (Å²) in [6.07, 6.45) is 1.60. The molecule has 0 radical (unpaired) electrons. The van der Waals surface area contributed by atoms with Crippen molar-refractivity contribution in [1.82, 2.24) is 5.32 Å². The molecule has 1 aromatic carbocycles. The largest absolute Gasteiger partial charge is 0.467 e. The van der Waals surface area contributed by atoms with Crippen LogP contribution in [0, 0.1) is 13.8 Å². The summed E-state index contributed by atoms with van der Waals surface area (Å²) in [4.78, 5) is 11.9. The molecule has 1 heterocycles. The number of hydrogen-bond donors (Lipinski definition) is 2. The summed E-state index contributed by atoms with van der Waals surface area (Å²) in [6.45, 7) is 6.24. The second kappa shape index (κ2) is 6.28. The maximum atomic E-state index is 11.9. The highest BCUT2D eigenvalue weighted by atomic mass is 16.3. The van der Waals surface area contributed by atoms with Crippen molar-refractivity contribution in [3.63, 3.8) is 0 Å². The van der Waals surface area contributed by atoms with E-state index in [1.807, 2.05) is 38.1 Å². The van der Waals surface area contributed by atoms with Crippen LogP contribution in [0.4, 0.5) is 5.69 Å². The number of hydrogen-bond acceptors (Lipinski definition) is 3. The molecule has 4 heteroatoms. The number of furan rings is 1. The van der Waals surface area contributed by atoms with Gasteiger partial charge in [-0.3, -0.25) is 4.79 Å².